The average molecular weight is 531 g/mol. The number of alkyl halides is 6. The summed E-state index contributed by atoms with van der Waals surface area (Å²) in [6, 6.07) is 0.541. The summed E-state index contributed by atoms with van der Waals surface area (Å²) in [6.07, 6.45) is -10.8. The van der Waals surface area contributed by atoms with Crippen molar-refractivity contribution in [2.75, 3.05) is 0 Å². The van der Waals surface area contributed by atoms with E-state index >= 15 is 0 Å². The summed E-state index contributed by atoms with van der Waals surface area (Å²) < 4.78 is 129. The van der Waals surface area contributed by atoms with Gasteiger partial charge < -0.3 is 0 Å². The number of nitrogens with two attached hydrogens (primary N) is 1. The van der Waals surface area contributed by atoms with Gasteiger partial charge in [0.25, 0.3) is 0 Å². The number of rotatable bonds is 2. The Hall–Kier alpha value is -1.48. The molecule has 2 aromatic carbocycles. The minimum atomic E-state index is -5.50. The van der Waals surface area contributed by atoms with E-state index in [4.69, 9.17) is 5.14 Å². The molecule has 0 aliphatic heterocycles. The van der Waals surface area contributed by atoms with Gasteiger partial charge in [-0.1, -0.05) is 0 Å². The van der Waals surface area contributed by atoms with Gasteiger partial charge in [-0.3, -0.25) is 0 Å². The van der Waals surface area contributed by atoms with Gasteiger partial charge in [0.05, 0.1) is 19.6 Å². The molecule has 148 valence electrons. The summed E-state index contributed by atoms with van der Waals surface area (Å²) >= 11 is 1.11. The number of halogens is 9. The fourth-order valence-corrected chi connectivity index (χ4v) is 3.49. The molecule has 2 rings (SSSR count). The molecule has 2 aromatic rings. The molecular formula is C14H6F8INO2S. The first-order chi connectivity index (χ1) is 12.0. The second-order valence-corrected chi connectivity index (χ2v) is 7.77. The quantitative estimate of drug-likeness (QED) is 0.340. The smallest absolute Gasteiger partial charge is 0.225 e. The molecule has 0 saturated carbocycles. The first kappa shape index (κ1) is 21.8. The Kier molecular flexibility index (Phi) is 5.53. The molecule has 3 nitrogen and oxygen atoms in total. The minimum Gasteiger partial charge on any atom is -0.225 e. The predicted molar refractivity (Wildman–Crippen MR) is 85.9 cm³/mol. The van der Waals surface area contributed by atoms with Gasteiger partial charge in [0.1, 0.15) is 11.6 Å². The molecule has 0 fully saturated rings. The Morgan fingerprint density at radius 2 is 1.48 bits per heavy atom. The van der Waals surface area contributed by atoms with Crippen molar-refractivity contribution < 1.29 is 43.5 Å². The van der Waals surface area contributed by atoms with Crippen molar-refractivity contribution in [2.24, 2.45) is 5.14 Å². The van der Waals surface area contributed by atoms with Gasteiger partial charge in [-0.2, -0.15) is 26.3 Å². The number of benzene rings is 2. The second kappa shape index (κ2) is 6.84. The van der Waals surface area contributed by atoms with Gasteiger partial charge in [-0.05, 0) is 46.9 Å². The lowest BCUT2D eigenvalue weighted by atomic mass is 9.96. The molecule has 0 aromatic heterocycles. The molecule has 0 bridgehead atoms. The van der Waals surface area contributed by atoms with Gasteiger partial charge in [-0.15, -0.1) is 0 Å². The molecule has 0 aliphatic rings. The van der Waals surface area contributed by atoms with Crippen molar-refractivity contribution in [3.8, 4) is 11.1 Å². The zero-order valence-corrected chi connectivity index (χ0v) is 15.5. The van der Waals surface area contributed by atoms with Crippen molar-refractivity contribution in [3.05, 3.63) is 50.6 Å². The van der Waals surface area contributed by atoms with Crippen LogP contribution in [0.2, 0.25) is 0 Å². The number of hydrogen-bond acceptors (Lipinski definition) is 2. The van der Waals surface area contributed by atoms with Crippen molar-refractivity contribution in [1.82, 2.24) is 0 Å². The van der Waals surface area contributed by atoms with E-state index in [0.717, 1.165) is 22.6 Å². The van der Waals surface area contributed by atoms with E-state index in [-0.39, 0.29) is 12.1 Å². The standard InChI is InChI=1S/C14H6F8INO2S/c15-8-2-1-6(11(16)12(8)23)10-7(14(20,21)22)3-5(13(17,18)19)4-9(10)27(24,25)26/h1-4H,(H2,24,25,26). The Labute approximate surface area is 160 Å². The molecule has 0 radical (unpaired) electrons. The van der Waals surface area contributed by atoms with E-state index in [1.807, 2.05) is 0 Å². The summed E-state index contributed by atoms with van der Waals surface area (Å²) in [5.41, 5.74) is -6.53. The first-order valence-electron chi connectivity index (χ1n) is 6.54. The topological polar surface area (TPSA) is 60.2 Å². The molecule has 27 heavy (non-hydrogen) atoms. The number of sulfonamides is 1. The van der Waals surface area contributed by atoms with Crippen LogP contribution in [-0.4, -0.2) is 8.42 Å². The highest BCUT2D eigenvalue weighted by molar-refractivity contribution is 14.1. The SMILES string of the molecule is NS(=O)(=O)c1cc(C(F)(F)F)cc(C(F)(F)F)c1-c1ccc(F)c(I)c1F. The highest BCUT2D eigenvalue weighted by atomic mass is 127. The Bertz CT molecular complexity index is 1020. The lowest BCUT2D eigenvalue weighted by Gasteiger charge is -2.20. The predicted octanol–water partition coefficient (Wildman–Crippen LogP) is 4.92. The van der Waals surface area contributed by atoms with Gasteiger partial charge in [0.2, 0.25) is 10.0 Å². The van der Waals surface area contributed by atoms with E-state index in [1.165, 1.54) is 0 Å². The number of primary sulfonamides is 1. The monoisotopic (exact) mass is 531 g/mol. The third-order valence-electron chi connectivity index (χ3n) is 3.35. The van der Waals surface area contributed by atoms with Crippen LogP contribution in [0, 0.1) is 15.2 Å². The molecule has 0 saturated heterocycles. The van der Waals surface area contributed by atoms with E-state index in [0.29, 0.717) is 12.1 Å². The Balaban J connectivity index is 3.10. The van der Waals surface area contributed by atoms with Crippen molar-refractivity contribution in [3.63, 3.8) is 0 Å². The minimum absolute atomic E-state index is 0.129. The van der Waals surface area contributed by atoms with Crippen molar-refractivity contribution >= 4 is 32.6 Å². The van der Waals surface area contributed by atoms with Gasteiger partial charge in [-0.25, -0.2) is 22.3 Å². The molecule has 0 unspecified atom stereocenters. The molecule has 2 N–H and O–H groups in total. The van der Waals surface area contributed by atoms with Crippen molar-refractivity contribution in [1.29, 1.82) is 0 Å². The largest absolute Gasteiger partial charge is 0.417 e. The fourth-order valence-electron chi connectivity index (χ4n) is 2.22. The highest BCUT2D eigenvalue weighted by Crippen LogP contribution is 2.45. The fraction of sp³-hybridized carbons (Fsp3) is 0.143. The Morgan fingerprint density at radius 1 is 0.926 bits per heavy atom. The third kappa shape index (κ3) is 4.34. The number of hydrogen-bond donors (Lipinski definition) is 1. The summed E-state index contributed by atoms with van der Waals surface area (Å²) in [7, 11) is -5.15. The third-order valence-corrected chi connectivity index (χ3v) is 5.27. The maximum absolute atomic E-state index is 14.3. The summed E-state index contributed by atoms with van der Waals surface area (Å²) in [5, 5.41) is 4.78. The lowest BCUT2D eigenvalue weighted by molar-refractivity contribution is -0.143. The van der Waals surface area contributed by atoms with Crippen LogP contribution in [0.4, 0.5) is 35.1 Å². The van der Waals surface area contributed by atoms with Crippen molar-refractivity contribution in [2.45, 2.75) is 17.2 Å². The Morgan fingerprint density at radius 3 is 1.93 bits per heavy atom. The molecule has 0 atom stereocenters. The van der Waals surface area contributed by atoms with Gasteiger partial charge >= 0.3 is 12.4 Å². The van der Waals surface area contributed by atoms with Crippen LogP contribution < -0.4 is 5.14 Å². The lowest BCUT2D eigenvalue weighted by Crippen LogP contribution is -2.20. The molecule has 0 amide bonds. The average Bonchev–Trinajstić information content (AvgIpc) is 2.49. The molecular weight excluding hydrogens is 525 g/mol. The highest BCUT2D eigenvalue weighted by Gasteiger charge is 2.42. The first-order valence-corrected chi connectivity index (χ1v) is 9.16. The normalized spacial score (nSPS) is 13.1. The second-order valence-electron chi connectivity index (χ2n) is 5.16. The maximum Gasteiger partial charge on any atom is 0.417 e. The van der Waals surface area contributed by atoms with Crippen LogP contribution in [0.15, 0.2) is 29.2 Å². The van der Waals surface area contributed by atoms with Gasteiger partial charge in [0.15, 0.2) is 0 Å². The zero-order valence-electron chi connectivity index (χ0n) is 12.5. The van der Waals surface area contributed by atoms with E-state index in [2.05, 4.69) is 0 Å². The molecule has 0 aliphatic carbocycles. The van der Waals surface area contributed by atoms with Crippen LogP contribution in [0.1, 0.15) is 11.1 Å². The molecule has 13 heteroatoms. The van der Waals surface area contributed by atoms with Crippen LogP contribution >= 0.6 is 22.6 Å². The maximum atomic E-state index is 14.3. The van der Waals surface area contributed by atoms with Crippen LogP contribution in [0.3, 0.4) is 0 Å². The zero-order chi connectivity index (χ0) is 20.9. The van der Waals surface area contributed by atoms with Crippen LogP contribution in [-0.2, 0) is 22.4 Å². The van der Waals surface area contributed by atoms with Crippen LogP contribution in [0.25, 0.3) is 11.1 Å². The van der Waals surface area contributed by atoms with E-state index in [1.54, 1.807) is 0 Å². The summed E-state index contributed by atoms with van der Waals surface area (Å²) in [6.45, 7) is 0. The van der Waals surface area contributed by atoms with E-state index in [9.17, 15) is 43.5 Å². The molecule has 0 spiro atoms. The summed E-state index contributed by atoms with van der Waals surface area (Å²) in [5.74, 6) is -2.74. The molecule has 0 heterocycles. The summed E-state index contributed by atoms with van der Waals surface area (Å²) in [4.78, 5) is -1.59. The van der Waals surface area contributed by atoms with Crippen LogP contribution in [0.5, 0.6) is 0 Å². The van der Waals surface area contributed by atoms with E-state index < -0.39 is 64.7 Å². The van der Waals surface area contributed by atoms with Gasteiger partial charge in [0, 0.05) is 11.1 Å².